The smallest absolute Gasteiger partial charge is 0.303 e. The fraction of sp³-hybridized carbons (Fsp3) is 0.750. The standard InChI is InChI=1S/C9H16O4.C7H12O4/c1-3-9(4-2,5-7(10)11)6-8(12)13;1-7(2,3-5(8)9)4-6(10)11/h3-6H2,1-2H3,(H,10,11)(H,12,13);3-4H2,1-2H3,(H,8,9)(H,10,11). The Morgan fingerprint density at radius 3 is 1.04 bits per heavy atom. The van der Waals surface area contributed by atoms with Crippen molar-refractivity contribution >= 4 is 23.9 Å². The third-order valence-electron chi connectivity index (χ3n) is 3.81. The van der Waals surface area contributed by atoms with Crippen molar-refractivity contribution in [3.05, 3.63) is 0 Å². The predicted octanol–water partition coefficient (Wildman–Crippen LogP) is 2.70. The Bertz CT molecular complexity index is 413. The first kappa shape index (κ1) is 24.1. The van der Waals surface area contributed by atoms with Gasteiger partial charge in [0.2, 0.25) is 0 Å². The van der Waals surface area contributed by atoms with Gasteiger partial charge < -0.3 is 20.4 Å². The molecule has 0 aromatic heterocycles. The number of carboxylic acid groups (broad SMARTS) is 4. The van der Waals surface area contributed by atoms with Crippen LogP contribution in [0.2, 0.25) is 0 Å². The minimum Gasteiger partial charge on any atom is -0.481 e. The zero-order chi connectivity index (χ0) is 19.6. The third-order valence-corrected chi connectivity index (χ3v) is 3.81. The first-order chi connectivity index (χ1) is 10.8. The van der Waals surface area contributed by atoms with Gasteiger partial charge >= 0.3 is 23.9 Å². The van der Waals surface area contributed by atoms with Crippen LogP contribution in [0.15, 0.2) is 0 Å². The highest BCUT2D eigenvalue weighted by atomic mass is 16.4. The van der Waals surface area contributed by atoms with Gasteiger partial charge in [0.05, 0.1) is 25.7 Å². The molecule has 0 aliphatic heterocycles. The van der Waals surface area contributed by atoms with E-state index < -0.39 is 34.7 Å². The summed E-state index contributed by atoms with van der Waals surface area (Å²) in [7, 11) is 0. The van der Waals surface area contributed by atoms with Crippen molar-refractivity contribution in [2.24, 2.45) is 10.8 Å². The Balaban J connectivity index is 0. The molecular formula is C16H28O8. The molecule has 0 unspecified atom stereocenters. The normalized spacial score (nSPS) is 11.2. The number of carboxylic acids is 4. The molecule has 0 atom stereocenters. The Morgan fingerprint density at radius 2 is 0.875 bits per heavy atom. The van der Waals surface area contributed by atoms with Crippen molar-refractivity contribution in [2.75, 3.05) is 0 Å². The lowest BCUT2D eigenvalue weighted by Gasteiger charge is -2.27. The Kier molecular flexibility index (Phi) is 10.7. The Hall–Kier alpha value is -2.12. The minimum absolute atomic E-state index is 0.0632. The van der Waals surface area contributed by atoms with E-state index in [1.807, 2.05) is 13.8 Å². The lowest BCUT2D eigenvalue weighted by molar-refractivity contribution is -0.145. The molecule has 0 aromatic carbocycles. The first-order valence-corrected chi connectivity index (χ1v) is 7.66. The van der Waals surface area contributed by atoms with Crippen LogP contribution in [0.25, 0.3) is 0 Å². The molecule has 4 N–H and O–H groups in total. The van der Waals surface area contributed by atoms with Crippen molar-refractivity contribution in [1.29, 1.82) is 0 Å². The summed E-state index contributed by atoms with van der Waals surface area (Å²) in [6.07, 6.45) is 0.821. The summed E-state index contributed by atoms with van der Waals surface area (Å²) in [4.78, 5) is 41.4. The quantitative estimate of drug-likeness (QED) is 0.470. The highest BCUT2D eigenvalue weighted by Gasteiger charge is 2.31. The zero-order valence-corrected chi connectivity index (χ0v) is 14.7. The summed E-state index contributed by atoms with van der Waals surface area (Å²) in [6.45, 7) is 6.90. The fourth-order valence-electron chi connectivity index (χ4n) is 2.34. The van der Waals surface area contributed by atoms with Crippen LogP contribution in [0.4, 0.5) is 0 Å². The highest BCUT2D eigenvalue weighted by Crippen LogP contribution is 2.34. The number of carbonyl (C=O) groups is 4. The number of hydrogen-bond donors (Lipinski definition) is 4. The summed E-state index contributed by atoms with van der Waals surface area (Å²) in [5, 5.41) is 34.0. The van der Waals surface area contributed by atoms with E-state index in [0.717, 1.165) is 0 Å². The molecule has 0 aromatic rings. The van der Waals surface area contributed by atoms with Gasteiger partial charge in [-0.3, -0.25) is 19.2 Å². The summed E-state index contributed by atoms with van der Waals surface area (Å²) in [5.41, 5.74) is -1.23. The van der Waals surface area contributed by atoms with Crippen LogP contribution in [0, 0.1) is 10.8 Å². The van der Waals surface area contributed by atoms with Crippen LogP contribution in [0.3, 0.4) is 0 Å². The van der Waals surface area contributed by atoms with Crippen molar-refractivity contribution in [3.8, 4) is 0 Å². The van der Waals surface area contributed by atoms with Gasteiger partial charge in [0.25, 0.3) is 0 Å². The van der Waals surface area contributed by atoms with E-state index in [1.54, 1.807) is 13.8 Å². The SMILES string of the molecule is CC(C)(CC(=O)O)CC(=O)O.CCC(CC)(CC(=O)O)CC(=O)O. The van der Waals surface area contributed by atoms with Gasteiger partial charge in [0, 0.05) is 0 Å². The van der Waals surface area contributed by atoms with Crippen LogP contribution in [-0.4, -0.2) is 44.3 Å². The lowest BCUT2D eigenvalue weighted by Crippen LogP contribution is -2.26. The lowest BCUT2D eigenvalue weighted by atomic mass is 9.76. The summed E-state index contributed by atoms with van der Waals surface area (Å²) in [6, 6.07) is 0. The largest absolute Gasteiger partial charge is 0.481 e. The van der Waals surface area contributed by atoms with Crippen LogP contribution < -0.4 is 0 Å². The van der Waals surface area contributed by atoms with Gasteiger partial charge in [-0.15, -0.1) is 0 Å². The maximum Gasteiger partial charge on any atom is 0.303 e. The number of hydrogen-bond acceptors (Lipinski definition) is 4. The summed E-state index contributed by atoms with van der Waals surface area (Å²) in [5.74, 6) is -3.78. The van der Waals surface area contributed by atoms with Gasteiger partial charge in [0.1, 0.15) is 0 Å². The van der Waals surface area contributed by atoms with Crippen molar-refractivity contribution in [1.82, 2.24) is 0 Å². The topological polar surface area (TPSA) is 149 Å². The number of rotatable bonds is 10. The molecule has 0 aliphatic carbocycles. The van der Waals surface area contributed by atoms with E-state index in [9.17, 15) is 19.2 Å². The predicted molar refractivity (Wildman–Crippen MR) is 85.8 cm³/mol. The molecule has 0 heterocycles. The molecule has 8 heteroatoms. The minimum atomic E-state index is -0.962. The van der Waals surface area contributed by atoms with Gasteiger partial charge in [-0.05, 0) is 23.7 Å². The molecule has 0 aliphatic rings. The highest BCUT2D eigenvalue weighted by molar-refractivity contribution is 5.72. The molecule has 0 fully saturated rings. The third kappa shape index (κ3) is 12.4. The fourth-order valence-corrected chi connectivity index (χ4v) is 2.34. The maximum absolute atomic E-state index is 10.5. The van der Waals surface area contributed by atoms with Crippen LogP contribution in [0.1, 0.15) is 66.2 Å². The average molecular weight is 348 g/mol. The van der Waals surface area contributed by atoms with Crippen LogP contribution in [-0.2, 0) is 19.2 Å². The van der Waals surface area contributed by atoms with Crippen molar-refractivity contribution < 1.29 is 39.6 Å². The van der Waals surface area contributed by atoms with E-state index in [2.05, 4.69) is 0 Å². The van der Waals surface area contributed by atoms with E-state index in [1.165, 1.54) is 0 Å². The van der Waals surface area contributed by atoms with E-state index in [4.69, 9.17) is 20.4 Å². The second-order valence-corrected chi connectivity index (χ2v) is 6.65. The molecule has 140 valence electrons. The van der Waals surface area contributed by atoms with Gasteiger partial charge in [-0.25, -0.2) is 0 Å². The van der Waals surface area contributed by atoms with E-state index >= 15 is 0 Å². The Labute approximate surface area is 141 Å². The summed E-state index contributed by atoms with van der Waals surface area (Å²) >= 11 is 0. The maximum atomic E-state index is 10.5. The van der Waals surface area contributed by atoms with Gasteiger partial charge in [-0.1, -0.05) is 27.7 Å². The molecule has 0 bridgehead atoms. The monoisotopic (exact) mass is 348 g/mol. The molecular weight excluding hydrogens is 320 g/mol. The average Bonchev–Trinajstić information content (AvgIpc) is 2.34. The van der Waals surface area contributed by atoms with E-state index in [0.29, 0.717) is 12.8 Å². The second-order valence-electron chi connectivity index (χ2n) is 6.65. The molecule has 0 amide bonds. The molecule has 0 rings (SSSR count). The molecule has 0 saturated carbocycles. The second kappa shape index (κ2) is 10.6. The molecule has 0 saturated heterocycles. The first-order valence-electron chi connectivity index (χ1n) is 7.66. The van der Waals surface area contributed by atoms with Gasteiger partial charge in [-0.2, -0.15) is 0 Å². The van der Waals surface area contributed by atoms with Gasteiger partial charge in [0.15, 0.2) is 0 Å². The van der Waals surface area contributed by atoms with Crippen molar-refractivity contribution in [3.63, 3.8) is 0 Å². The number of aliphatic carboxylic acids is 4. The molecule has 0 radical (unpaired) electrons. The molecule has 0 spiro atoms. The molecule has 8 nitrogen and oxygen atoms in total. The van der Waals surface area contributed by atoms with E-state index in [-0.39, 0.29) is 25.7 Å². The zero-order valence-electron chi connectivity index (χ0n) is 14.7. The molecule has 24 heavy (non-hydrogen) atoms. The van der Waals surface area contributed by atoms with Crippen LogP contribution in [0.5, 0.6) is 0 Å². The van der Waals surface area contributed by atoms with Crippen molar-refractivity contribution in [2.45, 2.75) is 66.2 Å². The van der Waals surface area contributed by atoms with Crippen LogP contribution >= 0.6 is 0 Å². The summed E-state index contributed by atoms with van der Waals surface area (Å²) < 4.78 is 0. The Morgan fingerprint density at radius 1 is 0.625 bits per heavy atom.